The largest absolute Gasteiger partial charge is 0.398 e. The normalized spacial score (nSPS) is 12.1. The zero-order valence-electron chi connectivity index (χ0n) is 61.8. The van der Waals surface area contributed by atoms with E-state index in [4.69, 9.17) is 74.2 Å². The number of rotatable bonds is 17. The highest BCUT2D eigenvalue weighted by Gasteiger charge is 2.25. The lowest BCUT2D eigenvalue weighted by molar-refractivity contribution is 0.0637. The number of aliphatic hydroxyl groups is 1. The van der Waals surface area contributed by atoms with Gasteiger partial charge >= 0.3 is 0 Å². The first-order valence-corrected chi connectivity index (χ1v) is 35.2. The molecule has 29 nitrogen and oxygen atoms in total. The Hall–Kier alpha value is -13.4. The van der Waals surface area contributed by atoms with Gasteiger partial charge in [0.15, 0.2) is 0 Å². The summed E-state index contributed by atoms with van der Waals surface area (Å²) in [7, 11) is 1.72. The molecule has 5 amide bonds. The van der Waals surface area contributed by atoms with Crippen LogP contribution < -0.4 is 74.1 Å². The predicted octanol–water partition coefficient (Wildman–Crippen LogP) is 9.11. The third-order valence-corrected chi connectivity index (χ3v) is 18.7. The first kappa shape index (κ1) is 76.7. The summed E-state index contributed by atoms with van der Waals surface area (Å²) in [4.78, 5) is 75.3. The van der Waals surface area contributed by atoms with Crippen LogP contribution in [0.5, 0.6) is 0 Å². The molecule has 1 unspecified atom stereocenters. The van der Waals surface area contributed by atoms with Crippen molar-refractivity contribution in [1.82, 2.24) is 42.8 Å². The fraction of sp³-hybridized carbons (Fsp3) is 0.225. The van der Waals surface area contributed by atoms with E-state index < -0.39 is 35.1 Å². The fourth-order valence-electron chi connectivity index (χ4n) is 13.7. The van der Waals surface area contributed by atoms with Gasteiger partial charge in [0.2, 0.25) is 0 Å². The number of hydrogen-bond acceptors (Lipinski definition) is 18. The molecular formula is C80H91N23O6. The topological polar surface area (TPSA) is 530 Å². The third-order valence-electron chi connectivity index (χ3n) is 18.7. The van der Waals surface area contributed by atoms with E-state index >= 15 is 0 Å². The first-order valence-electron chi connectivity index (χ1n) is 35.2. The summed E-state index contributed by atoms with van der Waals surface area (Å²) in [5.74, 6) is -1.10. The number of para-hydroxylation sites is 5. The zero-order valence-corrected chi connectivity index (χ0v) is 61.8. The Bertz CT molecular complexity index is 6110. The molecule has 562 valence electrons. The molecule has 2 atom stereocenters. The molecule has 0 aliphatic carbocycles. The van der Waals surface area contributed by atoms with E-state index in [1.54, 1.807) is 55.8 Å². The summed E-state index contributed by atoms with van der Waals surface area (Å²) in [6.07, 6.45) is 0. The average molecular weight is 1470 g/mol. The highest BCUT2D eigenvalue weighted by Crippen LogP contribution is 2.37. The lowest BCUT2D eigenvalue weighted by atomic mass is 10.1. The Morgan fingerprint density at radius 2 is 0.752 bits per heavy atom. The van der Waals surface area contributed by atoms with Crippen LogP contribution in [0.4, 0.5) is 29.0 Å². The second-order valence-corrected chi connectivity index (χ2v) is 28.4. The Labute approximate surface area is 625 Å². The molecule has 0 radical (unpaired) electrons. The minimum atomic E-state index is -0.909. The maximum atomic E-state index is 11.7. The van der Waals surface area contributed by atoms with E-state index in [1.165, 1.54) is 0 Å². The summed E-state index contributed by atoms with van der Waals surface area (Å²) >= 11 is 0. The summed E-state index contributed by atoms with van der Waals surface area (Å²) in [6.45, 7) is 16.7. The molecule has 15 rings (SSSR count). The van der Waals surface area contributed by atoms with E-state index in [0.29, 0.717) is 65.4 Å². The molecule has 0 aliphatic rings. The zero-order chi connectivity index (χ0) is 78.9. The standard InChI is InChI=1S/C18H22N4O.C16H19N5O.C16H18N4O2.C16H18N4O.C14H14N6O/c1-10(2)15(20)9-22-16-6-4-3-5-11(16)12-7-13(18(21)23)14(19)8-17(12)22;1-9(17)8-21-13-6-4-3-5-10(13)11-7-12(14(18)22)15(19-2)20-16(11)21;1-16(2,22)8-20-12-6-4-3-5-9(12)10-7-11(14(18)21)13(17)19-15(10)20;1-9(2)8-20-13-6-4-3-5-10(13)11-7-12(15(18)21)14(17)19-16(11)20;15-11(16)6-20-10-4-2-1-3-7(10)8-5-9(13(18)21)12(17)19-14(8)20/h3-8,10,15H,9,19-20H2,1-2H3,(H2,21,23);3-7,9H,8,17H2,1-2H3,(H2,18,22)(H,19,20);3-7,22H,8H2,1-2H3,(H2,17,19)(H2,18,21);3-7,9H,8H2,1-2H3,(H2,17,19)(H2,18,21);1-5H,6H2,(H3,15,16)(H2,17,19)(H2,18,21)/t;9-;;;/m.0.../s1. The van der Waals surface area contributed by atoms with Crippen molar-refractivity contribution in [3.8, 4) is 0 Å². The van der Waals surface area contributed by atoms with Gasteiger partial charge in [-0.1, -0.05) is 119 Å². The van der Waals surface area contributed by atoms with Gasteiger partial charge in [-0.3, -0.25) is 29.4 Å². The molecule has 9 aromatic heterocycles. The molecule has 0 spiro atoms. The van der Waals surface area contributed by atoms with Gasteiger partial charge in [0, 0.05) is 104 Å². The Balaban J connectivity index is 0.000000135. The van der Waals surface area contributed by atoms with Crippen molar-refractivity contribution in [2.24, 2.45) is 57.7 Å². The quantitative estimate of drug-likeness (QED) is 0.0229. The summed E-state index contributed by atoms with van der Waals surface area (Å²) < 4.78 is 10.1. The minimum Gasteiger partial charge on any atom is -0.398 e. The number of anilines is 5. The third kappa shape index (κ3) is 15.5. The number of amidine groups is 1. The molecule has 0 fully saturated rings. The summed E-state index contributed by atoms with van der Waals surface area (Å²) in [5.41, 5.74) is 78.0. The van der Waals surface area contributed by atoms with Gasteiger partial charge in [-0.2, -0.15) is 0 Å². The lowest BCUT2D eigenvalue weighted by Gasteiger charge is -2.19. The molecule has 0 bridgehead atoms. The lowest BCUT2D eigenvalue weighted by Crippen LogP contribution is -2.31. The average Bonchev–Trinajstić information content (AvgIpc) is 1.64. The van der Waals surface area contributed by atoms with Crippen molar-refractivity contribution in [3.05, 3.63) is 186 Å². The molecular weight excluding hydrogens is 1380 g/mol. The molecule has 6 aromatic carbocycles. The van der Waals surface area contributed by atoms with Crippen molar-refractivity contribution < 1.29 is 29.1 Å². The van der Waals surface area contributed by atoms with Crippen LogP contribution >= 0.6 is 0 Å². The van der Waals surface area contributed by atoms with E-state index in [1.807, 2.05) is 127 Å². The molecule has 27 N–H and O–H groups in total. The fourth-order valence-corrected chi connectivity index (χ4v) is 13.7. The van der Waals surface area contributed by atoms with Crippen LogP contribution in [0.3, 0.4) is 0 Å². The second-order valence-electron chi connectivity index (χ2n) is 28.4. The number of carbonyl (C=O) groups is 5. The maximum absolute atomic E-state index is 11.7. The predicted molar refractivity (Wildman–Crippen MR) is 438 cm³/mol. The Morgan fingerprint density at radius 3 is 1.12 bits per heavy atom. The molecule has 29 heteroatoms. The number of aromatic nitrogens is 9. The van der Waals surface area contributed by atoms with E-state index in [9.17, 15) is 29.1 Å². The van der Waals surface area contributed by atoms with Crippen LogP contribution in [0.15, 0.2) is 158 Å². The Morgan fingerprint density at radius 1 is 0.422 bits per heavy atom. The SMILES string of the molecule is CC(C)(O)Cn1c2ccccc2c2cc(C(N)=O)c(N)nc21.CC(C)C(N)Cn1c2ccccc2c2cc(C(N)=O)c(N)cc21.CC(C)Cn1c2ccccc2c2cc(C(N)=O)c(N)nc21.CNc1nc2c(cc1C(N)=O)c1ccccc1n2C[C@H](C)N.N=C(N)Cn1c2ccccc2c2cc(C(N)=O)c(N)nc21. The van der Waals surface area contributed by atoms with Gasteiger partial charge < -0.3 is 102 Å². The minimum absolute atomic E-state index is 0.00495. The number of benzene rings is 6. The number of nitrogens with two attached hydrogens (primary N) is 12. The van der Waals surface area contributed by atoms with Crippen molar-refractivity contribution in [3.63, 3.8) is 0 Å². The molecule has 109 heavy (non-hydrogen) atoms. The number of carbonyl (C=O) groups excluding carboxylic acids is 5. The van der Waals surface area contributed by atoms with Crippen molar-refractivity contribution in [2.75, 3.05) is 35.3 Å². The molecule has 0 saturated carbocycles. The number of nitrogens with zero attached hydrogens (tertiary/aromatic N) is 9. The highest BCUT2D eigenvalue weighted by molar-refractivity contribution is 6.16. The Kier molecular flexibility index (Phi) is 21.8. The molecule has 9 heterocycles. The summed E-state index contributed by atoms with van der Waals surface area (Å²) in [5, 5.41) is 30.0. The number of nitrogens with one attached hydrogen (secondary N) is 2. The van der Waals surface area contributed by atoms with Crippen LogP contribution in [0.25, 0.3) is 110 Å². The molecule has 0 aliphatic heterocycles. The van der Waals surface area contributed by atoms with Crippen LogP contribution in [0, 0.1) is 17.2 Å². The number of fused-ring (bicyclic) bond motifs is 15. The van der Waals surface area contributed by atoms with Crippen LogP contribution in [0.2, 0.25) is 0 Å². The van der Waals surface area contributed by atoms with Gasteiger partial charge in [0.05, 0.1) is 74.1 Å². The van der Waals surface area contributed by atoms with Gasteiger partial charge in [-0.15, -0.1) is 0 Å². The van der Waals surface area contributed by atoms with E-state index in [-0.39, 0.29) is 58.6 Å². The molecule has 15 aromatic rings. The smallest absolute Gasteiger partial charge is 0.252 e. The van der Waals surface area contributed by atoms with Gasteiger partial charge in [0.25, 0.3) is 29.5 Å². The maximum Gasteiger partial charge on any atom is 0.252 e. The number of pyridine rings is 4. The van der Waals surface area contributed by atoms with Crippen LogP contribution in [0.1, 0.15) is 100 Å². The molecule has 0 saturated heterocycles. The number of primary amides is 5. The van der Waals surface area contributed by atoms with Crippen LogP contribution in [-0.2, 0) is 32.7 Å². The monoisotopic (exact) mass is 1470 g/mol. The highest BCUT2D eigenvalue weighted by atomic mass is 16.3. The van der Waals surface area contributed by atoms with Gasteiger partial charge in [-0.25, -0.2) is 19.9 Å². The van der Waals surface area contributed by atoms with Gasteiger partial charge in [0.1, 0.15) is 51.7 Å². The number of amides is 5. The second kappa shape index (κ2) is 31.0. The van der Waals surface area contributed by atoms with Crippen molar-refractivity contribution in [1.29, 1.82) is 5.41 Å². The van der Waals surface area contributed by atoms with E-state index in [0.717, 1.165) is 105 Å². The first-order chi connectivity index (χ1) is 51.7. The summed E-state index contributed by atoms with van der Waals surface area (Å²) in [6, 6.07) is 49.9. The van der Waals surface area contributed by atoms with E-state index in [2.05, 4.69) is 78.8 Å². The van der Waals surface area contributed by atoms with Crippen molar-refractivity contribution in [2.45, 2.75) is 98.9 Å². The van der Waals surface area contributed by atoms with Crippen molar-refractivity contribution >= 4 is 174 Å². The number of nitrogen functional groups attached to an aromatic ring is 4. The number of hydrogen-bond donors (Lipinski definition) is 15. The van der Waals surface area contributed by atoms with Gasteiger partial charge in [-0.05, 0) is 99.3 Å². The van der Waals surface area contributed by atoms with Crippen LogP contribution in [-0.4, -0.2) is 108 Å².